The number of halogens is 1. The summed E-state index contributed by atoms with van der Waals surface area (Å²) in [4.78, 5) is 7.29. The van der Waals surface area contributed by atoms with Crippen molar-refractivity contribution < 1.29 is 0 Å². The molecule has 2 atom stereocenters. The van der Waals surface area contributed by atoms with Gasteiger partial charge in [0.1, 0.15) is 5.82 Å². The fourth-order valence-electron chi connectivity index (χ4n) is 3.43. The fraction of sp³-hybridized carbons (Fsp3) is 0.643. The molecule has 1 aliphatic heterocycles. The van der Waals surface area contributed by atoms with Crippen molar-refractivity contribution in [3.63, 3.8) is 0 Å². The Morgan fingerprint density at radius 3 is 2.88 bits per heavy atom. The van der Waals surface area contributed by atoms with Crippen molar-refractivity contribution in [1.29, 1.82) is 0 Å². The largest absolute Gasteiger partial charge is 0.353 e. The number of hydrogen-bond donors (Lipinski definition) is 0. The van der Waals surface area contributed by atoms with Gasteiger partial charge in [0.15, 0.2) is 0 Å². The lowest BCUT2D eigenvalue weighted by Gasteiger charge is -2.38. The maximum atomic E-state index is 4.74. The zero-order valence-electron chi connectivity index (χ0n) is 10.3. The second-order valence-electron chi connectivity index (χ2n) is 5.33. The Labute approximate surface area is 112 Å². The minimum atomic E-state index is 0.761. The first-order valence-corrected chi connectivity index (χ1v) is 7.45. The Morgan fingerprint density at radius 2 is 2.06 bits per heavy atom. The number of aryl methyl sites for hydroxylation is 1. The monoisotopic (exact) mass is 294 g/mol. The molecule has 3 heteroatoms. The van der Waals surface area contributed by atoms with Gasteiger partial charge in [-0.2, -0.15) is 0 Å². The molecule has 2 fully saturated rings. The molecule has 3 rings (SSSR count). The molecule has 0 bridgehead atoms. The Hall–Kier alpha value is -0.570. The maximum absolute atomic E-state index is 4.74. The van der Waals surface area contributed by atoms with Crippen molar-refractivity contribution in [3.05, 3.63) is 22.3 Å². The van der Waals surface area contributed by atoms with Crippen LogP contribution in [0.4, 0.5) is 5.82 Å². The molecule has 1 saturated heterocycles. The number of hydrogen-bond acceptors (Lipinski definition) is 2. The molecule has 1 aromatic rings. The summed E-state index contributed by atoms with van der Waals surface area (Å²) in [6, 6.07) is 5.06. The van der Waals surface area contributed by atoms with Gasteiger partial charge >= 0.3 is 0 Å². The molecule has 2 aliphatic rings. The molecule has 0 radical (unpaired) electrons. The molecule has 0 spiro atoms. The first kappa shape index (κ1) is 11.5. The standard InChI is InChI=1S/C14H19BrN2/c1-10-12(15)7-8-14(16-10)17-9-3-5-11-4-2-6-13(11)17/h7-8,11,13H,2-6,9H2,1H3. The van der Waals surface area contributed by atoms with Crippen LogP contribution in [-0.4, -0.2) is 17.6 Å². The predicted octanol–water partition coefficient (Wildman–Crippen LogP) is 3.92. The highest BCUT2D eigenvalue weighted by Crippen LogP contribution is 2.38. The predicted molar refractivity (Wildman–Crippen MR) is 74.4 cm³/mol. The third-order valence-electron chi connectivity index (χ3n) is 4.29. The number of piperidine rings is 1. The average Bonchev–Trinajstić information content (AvgIpc) is 2.80. The van der Waals surface area contributed by atoms with Crippen molar-refractivity contribution in [2.75, 3.05) is 11.4 Å². The van der Waals surface area contributed by atoms with E-state index in [0.717, 1.165) is 22.1 Å². The van der Waals surface area contributed by atoms with Crippen LogP contribution < -0.4 is 4.90 Å². The summed E-state index contributed by atoms with van der Waals surface area (Å²) in [6.45, 7) is 3.26. The van der Waals surface area contributed by atoms with E-state index in [1.165, 1.54) is 44.5 Å². The highest BCUT2D eigenvalue weighted by molar-refractivity contribution is 9.10. The quantitative estimate of drug-likeness (QED) is 0.780. The van der Waals surface area contributed by atoms with E-state index in [4.69, 9.17) is 4.98 Å². The zero-order chi connectivity index (χ0) is 11.8. The number of pyridine rings is 1. The van der Waals surface area contributed by atoms with E-state index in [9.17, 15) is 0 Å². The molecule has 92 valence electrons. The van der Waals surface area contributed by atoms with E-state index in [1.54, 1.807) is 0 Å². The van der Waals surface area contributed by atoms with Crippen molar-refractivity contribution in [2.24, 2.45) is 5.92 Å². The van der Waals surface area contributed by atoms with Crippen LogP contribution in [-0.2, 0) is 0 Å². The van der Waals surface area contributed by atoms with E-state index in [1.807, 2.05) is 0 Å². The minimum absolute atomic E-state index is 0.761. The Kier molecular flexibility index (Phi) is 3.12. The van der Waals surface area contributed by atoms with E-state index >= 15 is 0 Å². The first-order chi connectivity index (χ1) is 8.25. The summed E-state index contributed by atoms with van der Waals surface area (Å²) >= 11 is 3.53. The third kappa shape index (κ3) is 2.10. The van der Waals surface area contributed by atoms with Gasteiger partial charge in [0, 0.05) is 17.1 Å². The second-order valence-corrected chi connectivity index (χ2v) is 6.18. The lowest BCUT2D eigenvalue weighted by molar-refractivity contribution is 0.360. The van der Waals surface area contributed by atoms with Gasteiger partial charge in [-0.3, -0.25) is 0 Å². The minimum Gasteiger partial charge on any atom is -0.353 e. The molecule has 2 heterocycles. The van der Waals surface area contributed by atoms with Crippen LogP contribution in [0.1, 0.15) is 37.8 Å². The van der Waals surface area contributed by atoms with Crippen LogP contribution in [0.5, 0.6) is 0 Å². The number of rotatable bonds is 1. The fourth-order valence-corrected chi connectivity index (χ4v) is 3.65. The maximum Gasteiger partial charge on any atom is 0.129 e. The molecule has 0 aromatic carbocycles. The van der Waals surface area contributed by atoms with Crippen LogP contribution in [0, 0.1) is 12.8 Å². The van der Waals surface area contributed by atoms with Crippen LogP contribution in [0.3, 0.4) is 0 Å². The number of nitrogens with zero attached hydrogens (tertiary/aromatic N) is 2. The molecule has 0 N–H and O–H groups in total. The van der Waals surface area contributed by atoms with Gasteiger partial charge in [-0.1, -0.05) is 6.42 Å². The zero-order valence-corrected chi connectivity index (χ0v) is 11.9. The highest BCUT2D eigenvalue weighted by atomic mass is 79.9. The molecule has 2 unspecified atom stereocenters. The first-order valence-electron chi connectivity index (χ1n) is 6.65. The van der Waals surface area contributed by atoms with Crippen molar-refractivity contribution in [1.82, 2.24) is 4.98 Å². The van der Waals surface area contributed by atoms with Gasteiger partial charge in [0.05, 0.1) is 5.69 Å². The molecule has 1 aliphatic carbocycles. The number of fused-ring (bicyclic) bond motifs is 1. The number of anilines is 1. The van der Waals surface area contributed by atoms with E-state index in [-0.39, 0.29) is 0 Å². The lowest BCUT2D eigenvalue weighted by Crippen LogP contribution is -2.43. The third-order valence-corrected chi connectivity index (χ3v) is 5.13. The summed E-state index contributed by atoms with van der Waals surface area (Å²) in [5, 5.41) is 0. The summed E-state index contributed by atoms with van der Waals surface area (Å²) in [6.07, 6.45) is 6.95. The smallest absolute Gasteiger partial charge is 0.129 e. The van der Waals surface area contributed by atoms with Gasteiger partial charge in [-0.05, 0) is 66.6 Å². The van der Waals surface area contributed by atoms with Crippen molar-refractivity contribution in [3.8, 4) is 0 Å². The van der Waals surface area contributed by atoms with Crippen LogP contribution in [0.2, 0.25) is 0 Å². The molecule has 17 heavy (non-hydrogen) atoms. The van der Waals surface area contributed by atoms with Crippen LogP contribution >= 0.6 is 15.9 Å². The van der Waals surface area contributed by atoms with Gasteiger partial charge in [-0.25, -0.2) is 4.98 Å². The van der Waals surface area contributed by atoms with Crippen LogP contribution in [0.15, 0.2) is 16.6 Å². The van der Waals surface area contributed by atoms with Gasteiger partial charge in [0.2, 0.25) is 0 Å². The van der Waals surface area contributed by atoms with Crippen LogP contribution in [0.25, 0.3) is 0 Å². The van der Waals surface area contributed by atoms with E-state index in [2.05, 4.69) is 39.9 Å². The lowest BCUT2D eigenvalue weighted by atomic mass is 9.92. The molecule has 2 nitrogen and oxygen atoms in total. The summed E-state index contributed by atoms with van der Waals surface area (Å²) in [5.41, 5.74) is 1.10. The normalized spacial score (nSPS) is 28.2. The topological polar surface area (TPSA) is 16.1 Å². The summed E-state index contributed by atoms with van der Waals surface area (Å²) < 4.78 is 1.11. The van der Waals surface area contributed by atoms with E-state index < -0.39 is 0 Å². The molecular weight excluding hydrogens is 276 g/mol. The van der Waals surface area contributed by atoms with Gasteiger partial charge in [-0.15, -0.1) is 0 Å². The SMILES string of the molecule is Cc1nc(N2CCCC3CCCC32)ccc1Br. The molecular formula is C14H19BrN2. The molecule has 1 saturated carbocycles. The van der Waals surface area contributed by atoms with Gasteiger partial charge in [0.25, 0.3) is 0 Å². The molecule has 1 aromatic heterocycles. The number of aromatic nitrogens is 1. The summed E-state index contributed by atoms with van der Waals surface area (Å²) in [7, 11) is 0. The second kappa shape index (κ2) is 4.60. The Bertz CT molecular complexity index is 419. The summed E-state index contributed by atoms with van der Waals surface area (Å²) in [5.74, 6) is 2.11. The van der Waals surface area contributed by atoms with E-state index in [0.29, 0.717) is 0 Å². The Morgan fingerprint density at radius 1 is 1.24 bits per heavy atom. The molecule has 0 amide bonds. The average molecular weight is 295 g/mol. The van der Waals surface area contributed by atoms with Crippen molar-refractivity contribution >= 4 is 21.7 Å². The van der Waals surface area contributed by atoms with Gasteiger partial charge < -0.3 is 4.90 Å². The van der Waals surface area contributed by atoms with Crippen molar-refractivity contribution in [2.45, 2.75) is 45.1 Å². The highest BCUT2D eigenvalue weighted by Gasteiger charge is 2.35. The Balaban J connectivity index is 1.89.